The van der Waals surface area contributed by atoms with E-state index in [2.05, 4.69) is 28.6 Å². The molecule has 0 bridgehead atoms. The maximum atomic E-state index is 6.11. The van der Waals surface area contributed by atoms with E-state index in [0.717, 1.165) is 61.9 Å². The Morgan fingerprint density at radius 2 is 2.04 bits per heavy atom. The molecule has 0 radical (unpaired) electrons. The fourth-order valence-electron chi connectivity index (χ4n) is 3.76. The van der Waals surface area contributed by atoms with E-state index in [1.54, 1.807) is 14.2 Å². The molecule has 1 aromatic rings. The zero-order chi connectivity index (χ0) is 19.1. The van der Waals surface area contributed by atoms with E-state index in [1.165, 1.54) is 12.8 Å². The van der Waals surface area contributed by atoms with E-state index in [-0.39, 0.29) is 5.60 Å². The SMILES string of the molecule is CN=C(NCc1ccc(OC2CCCC2)c(OC)c1)NCC1(C)CCCO1. The molecule has 1 unspecified atom stereocenters. The molecule has 6 heteroatoms. The Bertz CT molecular complexity index is 636. The molecule has 1 atom stereocenters. The highest BCUT2D eigenvalue weighted by molar-refractivity contribution is 5.79. The number of hydrogen-bond acceptors (Lipinski definition) is 4. The smallest absolute Gasteiger partial charge is 0.191 e. The van der Waals surface area contributed by atoms with Gasteiger partial charge in [0.1, 0.15) is 0 Å². The lowest BCUT2D eigenvalue weighted by molar-refractivity contribution is 0.0243. The number of nitrogens with zero attached hydrogens (tertiary/aromatic N) is 1. The van der Waals surface area contributed by atoms with Crippen molar-refractivity contribution in [3.05, 3.63) is 23.8 Å². The summed E-state index contributed by atoms with van der Waals surface area (Å²) in [7, 11) is 3.48. The number of hydrogen-bond donors (Lipinski definition) is 2. The van der Waals surface area contributed by atoms with Crippen LogP contribution in [-0.4, -0.2) is 45.0 Å². The summed E-state index contributed by atoms with van der Waals surface area (Å²) in [6.45, 7) is 4.41. The molecule has 6 nitrogen and oxygen atoms in total. The molecule has 1 aliphatic heterocycles. The minimum Gasteiger partial charge on any atom is -0.493 e. The number of benzene rings is 1. The Morgan fingerprint density at radius 3 is 2.70 bits per heavy atom. The lowest BCUT2D eigenvalue weighted by Crippen LogP contribution is -2.45. The molecule has 27 heavy (non-hydrogen) atoms. The van der Waals surface area contributed by atoms with Crippen molar-refractivity contribution in [2.45, 2.75) is 63.7 Å². The van der Waals surface area contributed by atoms with Gasteiger partial charge >= 0.3 is 0 Å². The first kappa shape index (κ1) is 19.8. The predicted molar refractivity (Wildman–Crippen MR) is 108 cm³/mol. The van der Waals surface area contributed by atoms with Gasteiger partial charge in [-0.1, -0.05) is 6.07 Å². The molecule has 0 spiro atoms. The molecule has 1 aliphatic carbocycles. The van der Waals surface area contributed by atoms with Gasteiger partial charge in [-0.25, -0.2) is 0 Å². The van der Waals surface area contributed by atoms with Crippen molar-refractivity contribution in [1.29, 1.82) is 0 Å². The van der Waals surface area contributed by atoms with Crippen molar-refractivity contribution in [1.82, 2.24) is 10.6 Å². The Kier molecular flexibility index (Phi) is 6.83. The highest BCUT2D eigenvalue weighted by Crippen LogP contribution is 2.32. The number of rotatable bonds is 7. The normalized spacial score (nSPS) is 23.4. The molecular weight excluding hydrogens is 342 g/mol. The summed E-state index contributed by atoms with van der Waals surface area (Å²) in [6, 6.07) is 6.12. The lowest BCUT2D eigenvalue weighted by Gasteiger charge is -2.24. The maximum absolute atomic E-state index is 6.11. The fourth-order valence-corrected chi connectivity index (χ4v) is 3.76. The van der Waals surface area contributed by atoms with Gasteiger partial charge in [-0.3, -0.25) is 4.99 Å². The molecule has 3 rings (SSSR count). The van der Waals surface area contributed by atoms with Crippen molar-refractivity contribution in [2.24, 2.45) is 4.99 Å². The summed E-state index contributed by atoms with van der Waals surface area (Å²) in [5.74, 6) is 2.40. The van der Waals surface area contributed by atoms with Crippen LogP contribution in [0.5, 0.6) is 11.5 Å². The van der Waals surface area contributed by atoms with Gasteiger partial charge in [0.25, 0.3) is 0 Å². The van der Waals surface area contributed by atoms with Gasteiger partial charge in [-0.05, 0) is 63.1 Å². The highest BCUT2D eigenvalue weighted by Gasteiger charge is 2.29. The molecule has 0 amide bonds. The Balaban J connectivity index is 1.53. The third kappa shape index (κ3) is 5.51. The number of methoxy groups -OCH3 is 1. The fraction of sp³-hybridized carbons (Fsp3) is 0.667. The topological polar surface area (TPSA) is 64.1 Å². The number of aliphatic imine (C=N–C) groups is 1. The van der Waals surface area contributed by atoms with Gasteiger partial charge in [0, 0.05) is 26.7 Å². The molecule has 1 heterocycles. The zero-order valence-electron chi connectivity index (χ0n) is 16.8. The summed E-state index contributed by atoms with van der Waals surface area (Å²) in [4.78, 5) is 4.31. The van der Waals surface area contributed by atoms with Crippen LogP contribution < -0.4 is 20.1 Å². The van der Waals surface area contributed by atoms with Crippen molar-refractivity contribution < 1.29 is 14.2 Å². The van der Waals surface area contributed by atoms with Crippen LogP contribution in [0, 0.1) is 0 Å². The third-order valence-electron chi connectivity index (χ3n) is 5.44. The Morgan fingerprint density at radius 1 is 1.22 bits per heavy atom. The Hall–Kier alpha value is -1.95. The molecule has 2 aliphatic rings. The van der Waals surface area contributed by atoms with Crippen LogP contribution in [0.1, 0.15) is 51.0 Å². The molecule has 150 valence electrons. The standard InChI is InChI=1S/C21H33N3O3/c1-21(11-6-12-26-21)15-24-20(22-2)23-14-16-9-10-18(19(13-16)25-3)27-17-7-4-5-8-17/h9-10,13,17H,4-8,11-12,14-15H2,1-3H3,(H2,22,23,24). The average molecular weight is 376 g/mol. The Labute approximate surface area is 162 Å². The van der Waals surface area contributed by atoms with Crippen LogP contribution in [-0.2, 0) is 11.3 Å². The second-order valence-electron chi connectivity index (χ2n) is 7.69. The molecule has 2 fully saturated rings. The van der Waals surface area contributed by atoms with E-state index in [9.17, 15) is 0 Å². The summed E-state index contributed by atoms with van der Waals surface area (Å²) >= 11 is 0. The van der Waals surface area contributed by atoms with Gasteiger partial charge in [-0.2, -0.15) is 0 Å². The van der Waals surface area contributed by atoms with E-state index < -0.39 is 0 Å². The number of ether oxygens (including phenoxy) is 3. The first-order chi connectivity index (χ1) is 13.1. The quantitative estimate of drug-likeness (QED) is 0.566. The van der Waals surface area contributed by atoms with Crippen molar-refractivity contribution in [3.63, 3.8) is 0 Å². The van der Waals surface area contributed by atoms with Gasteiger partial charge < -0.3 is 24.8 Å². The van der Waals surface area contributed by atoms with Crippen LogP contribution in [0.4, 0.5) is 0 Å². The molecular formula is C21H33N3O3. The maximum Gasteiger partial charge on any atom is 0.191 e. The van der Waals surface area contributed by atoms with Crippen LogP contribution >= 0.6 is 0 Å². The number of guanidine groups is 1. The monoisotopic (exact) mass is 375 g/mol. The second-order valence-corrected chi connectivity index (χ2v) is 7.69. The van der Waals surface area contributed by atoms with E-state index in [0.29, 0.717) is 12.6 Å². The second kappa shape index (κ2) is 9.31. The van der Waals surface area contributed by atoms with Crippen LogP contribution in [0.15, 0.2) is 23.2 Å². The van der Waals surface area contributed by atoms with E-state index in [4.69, 9.17) is 14.2 Å². The first-order valence-electron chi connectivity index (χ1n) is 10.0. The van der Waals surface area contributed by atoms with E-state index in [1.807, 2.05) is 12.1 Å². The molecule has 0 aromatic heterocycles. The van der Waals surface area contributed by atoms with Crippen LogP contribution in [0.3, 0.4) is 0 Å². The van der Waals surface area contributed by atoms with Crippen molar-refractivity contribution >= 4 is 5.96 Å². The van der Waals surface area contributed by atoms with Crippen LogP contribution in [0.25, 0.3) is 0 Å². The predicted octanol–water partition coefficient (Wildman–Crippen LogP) is 3.25. The van der Waals surface area contributed by atoms with Crippen LogP contribution in [0.2, 0.25) is 0 Å². The minimum absolute atomic E-state index is 0.0972. The third-order valence-corrected chi connectivity index (χ3v) is 5.44. The minimum atomic E-state index is -0.0972. The summed E-state index contributed by atoms with van der Waals surface area (Å²) in [6.07, 6.45) is 7.31. The number of nitrogens with one attached hydrogen (secondary N) is 2. The van der Waals surface area contributed by atoms with Gasteiger partial charge in [0.15, 0.2) is 17.5 Å². The van der Waals surface area contributed by atoms with Gasteiger partial charge in [0.2, 0.25) is 0 Å². The summed E-state index contributed by atoms with van der Waals surface area (Å²) < 4.78 is 17.5. The van der Waals surface area contributed by atoms with Crippen molar-refractivity contribution in [3.8, 4) is 11.5 Å². The van der Waals surface area contributed by atoms with Crippen molar-refractivity contribution in [2.75, 3.05) is 27.3 Å². The highest BCUT2D eigenvalue weighted by atomic mass is 16.5. The van der Waals surface area contributed by atoms with Gasteiger partial charge in [0.05, 0.1) is 18.8 Å². The first-order valence-corrected chi connectivity index (χ1v) is 10.0. The molecule has 1 aromatic carbocycles. The average Bonchev–Trinajstić information content (AvgIpc) is 3.35. The molecule has 1 saturated heterocycles. The lowest BCUT2D eigenvalue weighted by atomic mass is 10.0. The van der Waals surface area contributed by atoms with E-state index >= 15 is 0 Å². The summed E-state index contributed by atoms with van der Waals surface area (Å²) in [5, 5.41) is 6.73. The largest absolute Gasteiger partial charge is 0.493 e. The molecule has 1 saturated carbocycles. The molecule has 2 N–H and O–H groups in total. The summed E-state index contributed by atoms with van der Waals surface area (Å²) in [5.41, 5.74) is 1.02. The van der Waals surface area contributed by atoms with Gasteiger partial charge in [-0.15, -0.1) is 0 Å². The zero-order valence-corrected chi connectivity index (χ0v) is 16.8.